The quantitative estimate of drug-likeness (QED) is 0.337. The van der Waals surface area contributed by atoms with Crippen LogP contribution in [-0.4, -0.2) is 46.4 Å². The standard InChI is InChI=1S/C32H37N5O3/c1-23-10-12-27-28(16-23)36-30(35-27)19-34-31(38)18-25-11-13-29-26(17-25)21-37(20-24-8-4-2-5-9-24)22-32(39)33-14-6-3-7-15-40-29/h2,4-5,8-13,16-17H,3,6-7,14-15,18-22H2,1H3,(H,33,39)(H,34,38)(H,35,36). The highest BCUT2D eigenvalue weighted by Crippen LogP contribution is 2.24. The van der Waals surface area contributed by atoms with Gasteiger partial charge in [-0.2, -0.15) is 0 Å². The van der Waals surface area contributed by atoms with E-state index < -0.39 is 0 Å². The van der Waals surface area contributed by atoms with Crippen molar-refractivity contribution in [1.82, 2.24) is 25.5 Å². The van der Waals surface area contributed by atoms with Crippen LogP contribution in [-0.2, 0) is 35.6 Å². The van der Waals surface area contributed by atoms with Gasteiger partial charge in [0.25, 0.3) is 0 Å². The molecule has 0 atom stereocenters. The predicted molar refractivity (Wildman–Crippen MR) is 156 cm³/mol. The Morgan fingerprint density at radius 3 is 2.75 bits per heavy atom. The third kappa shape index (κ3) is 7.70. The molecular formula is C32H37N5O3. The van der Waals surface area contributed by atoms with Gasteiger partial charge in [-0.15, -0.1) is 0 Å². The van der Waals surface area contributed by atoms with Gasteiger partial charge in [0, 0.05) is 25.2 Å². The number of benzene rings is 3. The molecule has 4 aromatic rings. The summed E-state index contributed by atoms with van der Waals surface area (Å²) < 4.78 is 6.18. The first kappa shape index (κ1) is 27.4. The Balaban J connectivity index is 1.29. The van der Waals surface area contributed by atoms with Crippen LogP contribution in [0.25, 0.3) is 11.0 Å². The summed E-state index contributed by atoms with van der Waals surface area (Å²) in [6, 6.07) is 22.2. The number of hydrogen-bond acceptors (Lipinski definition) is 5. The molecule has 8 nitrogen and oxygen atoms in total. The molecule has 2 heterocycles. The highest BCUT2D eigenvalue weighted by atomic mass is 16.5. The maximum Gasteiger partial charge on any atom is 0.234 e. The Labute approximate surface area is 235 Å². The van der Waals surface area contributed by atoms with E-state index in [0.29, 0.717) is 32.8 Å². The number of imidazole rings is 1. The molecule has 0 saturated heterocycles. The van der Waals surface area contributed by atoms with Gasteiger partial charge in [-0.05, 0) is 61.1 Å². The number of H-pyrrole nitrogens is 1. The monoisotopic (exact) mass is 539 g/mol. The molecule has 0 spiro atoms. The number of carbonyl (C=O) groups is 2. The molecule has 0 fully saturated rings. The number of carbonyl (C=O) groups excluding carboxylic acids is 2. The van der Waals surface area contributed by atoms with Crippen LogP contribution >= 0.6 is 0 Å². The fourth-order valence-corrected chi connectivity index (χ4v) is 5.02. The number of ether oxygens (including phenoxy) is 1. The minimum absolute atomic E-state index is 0.0222. The molecule has 1 aliphatic rings. The lowest BCUT2D eigenvalue weighted by atomic mass is 10.1. The number of hydrogen-bond donors (Lipinski definition) is 3. The first-order valence-corrected chi connectivity index (χ1v) is 14.0. The van der Waals surface area contributed by atoms with Gasteiger partial charge in [-0.25, -0.2) is 4.98 Å². The average Bonchev–Trinajstić information content (AvgIpc) is 3.35. The van der Waals surface area contributed by atoms with E-state index in [4.69, 9.17) is 4.74 Å². The van der Waals surface area contributed by atoms with Crippen molar-refractivity contribution in [3.8, 4) is 5.75 Å². The maximum absolute atomic E-state index is 12.9. The summed E-state index contributed by atoms with van der Waals surface area (Å²) in [5, 5.41) is 6.04. The fourth-order valence-electron chi connectivity index (χ4n) is 5.02. The van der Waals surface area contributed by atoms with Crippen molar-refractivity contribution >= 4 is 22.8 Å². The number of aromatic amines is 1. The summed E-state index contributed by atoms with van der Waals surface area (Å²) in [6.07, 6.45) is 3.09. The molecule has 0 unspecified atom stereocenters. The minimum atomic E-state index is -0.0809. The number of aryl methyl sites for hydroxylation is 1. The summed E-state index contributed by atoms with van der Waals surface area (Å²) in [5.41, 5.74) is 6.02. The Kier molecular flexibility index (Phi) is 9.08. The Morgan fingerprint density at radius 2 is 1.88 bits per heavy atom. The zero-order valence-corrected chi connectivity index (χ0v) is 23.0. The first-order valence-electron chi connectivity index (χ1n) is 14.0. The topological polar surface area (TPSA) is 99.3 Å². The van der Waals surface area contributed by atoms with Crippen LogP contribution in [0.15, 0.2) is 66.7 Å². The van der Waals surface area contributed by atoms with Crippen LogP contribution in [0.1, 0.15) is 47.3 Å². The maximum atomic E-state index is 12.9. The highest BCUT2D eigenvalue weighted by molar-refractivity contribution is 5.79. The van der Waals surface area contributed by atoms with Crippen LogP contribution in [0.2, 0.25) is 0 Å². The minimum Gasteiger partial charge on any atom is -0.493 e. The first-order chi connectivity index (χ1) is 19.5. The van der Waals surface area contributed by atoms with E-state index in [9.17, 15) is 9.59 Å². The van der Waals surface area contributed by atoms with E-state index in [-0.39, 0.29) is 24.8 Å². The van der Waals surface area contributed by atoms with E-state index in [1.165, 1.54) is 0 Å². The van der Waals surface area contributed by atoms with Gasteiger partial charge in [-0.3, -0.25) is 14.5 Å². The van der Waals surface area contributed by atoms with Crippen molar-refractivity contribution in [3.05, 3.63) is 94.8 Å². The molecular weight excluding hydrogens is 502 g/mol. The molecule has 8 heteroatoms. The molecule has 3 aromatic carbocycles. The van der Waals surface area contributed by atoms with E-state index in [1.807, 2.05) is 61.5 Å². The largest absolute Gasteiger partial charge is 0.493 e. The number of rotatable bonds is 6. The lowest BCUT2D eigenvalue weighted by molar-refractivity contribution is -0.122. The van der Waals surface area contributed by atoms with Crippen molar-refractivity contribution in [2.45, 2.75) is 52.2 Å². The number of amides is 2. The van der Waals surface area contributed by atoms with E-state index in [0.717, 1.165) is 64.1 Å². The van der Waals surface area contributed by atoms with E-state index >= 15 is 0 Å². The Morgan fingerprint density at radius 1 is 1.00 bits per heavy atom. The summed E-state index contributed by atoms with van der Waals surface area (Å²) in [5.74, 6) is 1.47. The molecule has 40 heavy (non-hydrogen) atoms. The molecule has 0 bridgehead atoms. The lowest BCUT2D eigenvalue weighted by Gasteiger charge is -2.23. The van der Waals surface area contributed by atoms with Crippen molar-refractivity contribution in [2.24, 2.45) is 0 Å². The van der Waals surface area contributed by atoms with Gasteiger partial charge in [0.1, 0.15) is 11.6 Å². The molecule has 208 valence electrons. The SMILES string of the molecule is Cc1ccc2nc(CNC(=O)Cc3ccc4c(c3)CN(Cc3ccccc3)CC(=O)NCCCCCO4)[nH]c2c1. The summed E-state index contributed by atoms with van der Waals surface area (Å²) in [7, 11) is 0. The fraction of sp³-hybridized carbons (Fsp3) is 0.344. The summed E-state index contributed by atoms with van der Waals surface area (Å²) >= 11 is 0. The van der Waals surface area contributed by atoms with E-state index in [1.54, 1.807) is 0 Å². The predicted octanol–water partition coefficient (Wildman–Crippen LogP) is 4.41. The summed E-state index contributed by atoms with van der Waals surface area (Å²) in [4.78, 5) is 35.6. The van der Waals surface area contributed by atoms with Crippen LogP contribution in [0, 0.1) is 6.92 Å². The summed E-state index contributed by atoms with van der Waals surface area (Å²) in [6.45, 7) is 5.13. The Bertz CT molecular complexity index is 1450. The van der Waals surface area contributed by atoms with Crippen LogP contribution in [0.4, 0.5) is 0 Å². The second-order valence-corrected chi connectivity index (χ2v) is 10.5. The zero-order valence-electron chi connectivity index (χ0n) is 23.0. The van der Waals surface area contributed by atoms with Crippen molar-refractivity contribution in [3.63, 3.8) is 0 Å². The van der Waals surface area contributed by atoms with Crippen LogP contribution in [0.5, 0.6) is 5.75 Å². The van der Waals surface area contributed by atoms with Crippen molar-refractivity contribution in [1.29, 1.82) is 0 Å². The van der Waals surface area contributed by atoms with Crippen molar-refractivity contribution in [2.75, 3.05) is 19.7 Å². The third-order valence-corrected chi connectivity index (χ3v) is 7.04. The molecule has 0 aliphatic carbocycles. The molecule has 3 N–H and O–H groups in total. The molecule has 0 saturated carbocycles. The van der Waals surface area contributed by atoms with Gasteiger partial charge >= 0.3 is 0 Å². The van der Waals surface area contributed by atoms with Gasteiger partial charge < -0.3 is 20.4 Å². The number of nitrogens with one attached hydrogen (secondary N) is 3. The lowest BCUT2D eigenvalue weighted by Crippen LogP contribution is -2.37. The second-order valence-electron chi connectivity index (χ2n) is 10.5. The number of nitrogens with zero attached hydrogens (tertiary/aromatic N) is 2. The van der Waals surface area contributed by atoms with Gasteiger partial charge in [0.05, 0.1) is 37.2 Å². The van der Waals surface area contributed by atoms with Gasteiger partial charge in [-0.1, -0.05) is 48.5 Å². The average molecular weight is 540 g/mol. The molecule has 2 amide bonds. The molecule has 1 aromatic heterocycles. The van der Waals surface area contributed by atoms with Crippen LogP contribution < -0.4 is 15.4 Å². The number of aromatic nitrogens is 2. The molecule has 0 radical (unpaired) electrons. The number of fused-ring (bicyclic) bond motifs is 2. The van der Waals surface area contributed by atoms with Gasteiger partial charge in [0.2, 0.25) is 11.8 Å². The second kappa shape index (κ2) is 13.3. The normalized spacial score (nSPS) is 15.2. The van der Waals surface area contributed by atoms with E-state index in [2.05, 4.69) is 37.6 Å². The molecule has 1 aliphatic heterocycles. The Hall–Kier alpha value is -4.17. The van der Waals surface area contributed by atoms with Crippen molar-refractivity contribution < 1.29 is 14.3 Å². The van der Waals surface area contributed by atoms with Gasteiger partial charge in [0.15, 0.2) is 0 Å². The smallest absolute Gasteiger partial charge is 0.234 e. The highest BCUT2D eigenvalue weighted by Gasteiger charge is 2.17. The zero-order chi connectivity index (χ0) is 27.7. The molecule has 5 rings (SSSR count). The third-order valence-electron chi connectivity index (χ3n) is 7.04. The van der Waals surface area contributed by atoms with Crippen LogP contribution in [0.3, 0.4) is 0 Å².